The van der Waals surface area contributed by atoms with Gasteiger partial charge >= 0.3 is 5.97 Å². The first-order chi connectivity index (χ1) is 18.9. The number of carbonyl (C=O) groups is 1. The highest BCUT2D eigenvalue weighted by Gasteiger charge is 2.34. The maximum absolute atomic E-state index is 13.2. The molecule has 0 saturated carbocycles. The number of nitriles is 1. The highest BCUT2D eigenvalue weighted by Crippen LogP contribution is 2.40. The summed E-state index contributed by atoms with van der Waals surface area (Å²) in [5.41, 5.74) is 2.98. The number of benzene rings is 3. The van der Waals surface area contributed by atoms with Crippen LogP contribution in [0.25, 0.3) is 22.7 Å². The van der Waals surface area contributed by atoms with E-state index in [0.29, 0.717) is 40.8 Å². The number of anilines is 1. The molecule has 0 aliphatic carbocycles. The van der Waals surface area contributed by atoms with Crippen molar-refractivity contribution in [3.05, 3.63) is 105 Å². The molecule has 1 atom stereocenters. The molecule has 0 spiro atoms. The van der Waals surface area contributed by atoms with E-state index in [1.165, 1.54) is 11.6 Å². The van der Waals surface area contributed by atoms with Gasteiger partial charge in [-0.15, -0.1) is 0 Å². The third kappa shape index (κ3) is 3.88. The number of aromatic carboxylic acids is 1. The molecule has 39 heavy (non-hydrogen) atoms. The number of carboxylic acid groups (broad SMARTS) is 1. The van der Waals surface area contributed by atoms with Crippen molar-refractivity contribution < 1.29 is 19.4 Å². The summed E-state index contributed by atoms with van der Waals surface area (Å²) >= 11 is 0. The van der Waals surface area contributed by atoms with E-state index in [-0.39, 0.29) is 23.1 Å². The summed E-state index contributed by atoms with van der Waals surface area (Å²) in [5.74, 6) is -1.48. The molecule has 0 fully saturated rings. The monoisotopic (exact) mass is 519 g/mol. The maximum Gasteiger partial charge on any atom is 0.335 e. The van der Waals surface area contributed by atoms with Crippen LogP contribution in [0.15, 0.2) is 75.9 Å². The number of carboxylic acids is 1. The first kappa shape index (κ1) is 23.9. The molecule has 5 aromatic rings. The van der Waals surface area contributed by atoms with Crippen molar-refractivity contribution in [2.24, 2.45) is 7.05 Å². The Balaban J connectivity index is 1.59. The van der Waals surface area contributed by atoms with Gasteiger partial charge in [0.15, 0.2) is 11.3 Å². The van der Waals surface area contributed by atoms with Gasteiger partial charge in [0.25, 0.3) is 11.4 Å². The number of aromatic hydroxyl groups is 1. The molecule has 2 aromatic heterocycles. The Hall–Kier alpha value is -5.43. The van der Waals surface area contributed by atoms with E-state index >= 15 is 0 Å². The van der Waals surface area contributed by atoms with E-state index in [1.807, 2.05) is 4.90 Å². The number of rotatable bonds is 4. The zero-order chi connectivity index (χ0) is 27.3. The van der Waals surface area contributed by atoms with Crippen molar-refractivity contribution in [3.8, 4) is 23.4 Å². The minimum Gasteiger partial charge on any atom is -0.501 e. The van der Waals surface area contributed by atoms with Crippen molar-refractivity contribution in [3.63, 3.8) is 0 Å². The summed E-state index contributed by atoms with van der Waals surface area (Å²) in [7, 11) is 1.50. The Kier molecular flexibility index (Phi) is 5.61. The number of hydrogen-bond donors (Lipinski definition) is 2. The highest BCUT2D eigenvalue weighted by molar-refractivity contribution is 5.88. The smallest absolute Gasteiger partial charge is 0.335 e. The van der Waals surface area contributed by atoms with Crippen LogP contribution in [0, 0.1) is 11.3 Å². The van der Waals surface area contributed by atoms with Gasteiger partial charge in [0.1, 0.15) is 5.52 Å². The fourth-order valence-corrected chi connectivity index (χ4v) is 5.09. The average Bonchev–Trinajstić information content (AvgIpc) is 3.39. The normalized spacial score (nSPS) is 14.7. The summed E-state index contributed by atoms with van der Waals surface area (Å²) in [6.45, 7) is 0.405. The van der Waals surface area contributed by atoms with Crippen LogP contribution >= 0.6 is 0 Å². The van der Waals surface area contributed by atoms with Crippen LogP contribution in [-0.2, 0) is 13.5 Å². The molecule has 1 aliphatic heterocycles. The molecule has 0 unspecified atom stereocenters. The average molecular weight is 520 g/mol. The Labute approximate surface area is 221 Å². The van der Waals surface area contributed by atoms with Crippen LogP contribution in [-0.4, -0.2) is 37.3 Å². The van der Waals surface area contributed by atoms with Crippen molar-refractivity contribution in [2.75, 3.05) is 11.4 Å². The number of nitrogens with zero attached hydrogens (tertiary/aromatic N) is 5. The zero-order valence-corrected chi connectivity index (χ0v) is 20.7. The van der Waals surface area contributed by atoms with Gasteiger partial charge in [0, 0.05) is 13.6 Å². The Morgan fingerprint density at radius 3 is 2.62 bits per heavy atom. The summed E-state index contributed by atoms with van der Waals surface area (Å²) in [6.07, 6.45) is 0.537. The largest absolute Gasteiger partial charge is 0.501 e. The fraction of sp³-hybridized carbons (Fsp3) is 0.138. The number of para-hydroxylation sites is 2. The van der Waals surface area contributed by atoms with E-state index in [9.17, 15) is 25.1 Å². The molecule has 10 heteroatoms. The molecule has 1 aliphatic rings. The van der Waals surface area contributed by atoms with Crippen LogP contribution in [0.2, 0.25) is 0 Å². The third-order valence-electron chi connectivity index (χ3n) is 6.99. The molecule has 6 rings (SSSR count). The molecule has 0 saturated heterocycles. The summed E-state index contributed by atoms with van der Waals surface area (Å²) in [4.78, 5) is 36.0. The first-order valence-electron chi connectivity index (χ1n) is 12.1. The van der Waals surface area contributed by atoms with Crippen LogP contribution < -0.4 is 10.5 Å². The lowest BCUT2D eigenvalue weighted by Gasteiger charge is -2.39. The van der Waals surface area contributed by atoms with E-state index in [2.05, 4.69) is 16.0 Å². The molecule has 2 N–H and O–H groups in total. The van der Waals surface area contributed by atoms with Crippen molar-refractivity contribution in [1.29, 1.82) is 5.26 Å². The first-order valence-corrected chi connectivity index (χ1v) is 12.1. The van der Waals surface area contributed by atoms with Crippen LogP contribution in [0.5, 0.6) is 5.75 Å². The molecule has 192 valence electrons. The second kappa shape index (κ2) is 9.15. The van der Waals surface area contributed by atoms with Crippen molar-refractivity contribution in [2.45, 2.75) is 12.5 Å². The second-order valence-electron chi connectivity index (χ2n) is 9.22. The van der Waals surface area contributed by atoms with Gasteiger partial charge in [0.2, 0.25) is 11.7 Å². The Morgan fingerprint density at radius 2 is 1.85 bits per heavy atom. The number of aromatic nitrogens is 3. The standard InChI is InChI=1S/C29H21N5O5/c1-33-27(36)25(35)23(26-31-21-8-4-5-9-22(21)39-26)32-29(33)34-13-12-16-10-11-17(28(37)38)14-20(16)24(34)19-7-3-2-6-18(19)15-30/h2-11,14,24,35H,12-13H2,1H3,(H,37,38)/t24-/m1/s1. The van der Waals surface area contributed by atoms with Crippen LogP contribution in [0.3, 0.4) is 0 Å². The SMILES string of the molecule is Cn1c(N2CCc3ccc(C(=O)O)cc3[C@H]2c2ccccc2C#N)nc(-c2nc3ccccc3o2)c(O)c1=O. The van der Waals surface area contributed by atoms with Gasteiger partial charge in [0.05, 0.1) is 23.2 Å². The van der Waals surface area contributed by atoms with Crippen molar-refractivity contribution in [1.82, 2.24) is 14.5 Å². The molecule has 0 radical (unpaired) electrons. The second-order valence-corrected chi connectivity index (χ2v) is 9.22. The van der Waals surface area contributed by atoms with E-state index in [4.69, 9.17) is 4.42 Å². The fourth-order valence-electron chi connectivity index (χ4n) is 5.09. The topological polar surface area (TPSA) is 145 Å². The van der Waals surface area contributed by atoms with Gasteiger partial charge in [-0.25, -0.2) is 14.8 Å². The lowest BCUT2D eigenvalue weighted by molar-refractivity contribution is 0.0696. The van der Waals surface area contributed by atoms with Crippen LogP contribution in [0.4, 0.5) is 5.95 Å². The molecule has 3 heterocycles. The quantitative estimate of drug-likeness (QED) is 0.359. The molecule has 0 bridgehead atoms. The van der Waals surface area contributed by atoms with Crippen LogP contribution in [0.1, 0.15) is 38.7 Å². The van der Waals surface area contributed by atoms with Gasteiger partial charge in [-0.05, 0) is 53.4 Å². The van der Waals surface area contributed by atoms with Crippen molar-refractivity contribution >= 4 is 23.0 Å². The summed E-state index contributed by atoms with van der Waals surface area (Å²) < 4.78 is 7.04. The van der Waals surface area contributed by atoms with Gasteiger partial charge in [-0.1, -0.05) is 36.4 Å². The lowest BCUT2D eigenvalue weighted by Crippen LogP contribution is -2.40. The molecule has 3 aromatic carbocycles. The van der Waals surface area contributed by atoms with Gasteiger partial charge in [-0.2, -0.15) is 5.26 Å². The zero-order valence-electron chi connectivity index (χ0n) is 20.7. The predicted octanol–water partition coefficient (Wildman–Crippen LogP) is 4.02. The third-order valence-corrected chi connectivity index (χ3v) is 6.99. The van der Waals surface area contributed by atoms with E-state index in [1.54, 1.807) is 66.7 Å². The number of fused-ring (bicyclic) bond motifs is 2. The van der Waals surface area contributed by atoms with E-state index < -0.39 is 23.3 Å². The highest BCUT2D eigenvalue weighted by atomic mass is 16.4. The Morgan fingerprint density at radius 1 is 1.08 bits per heavy atom. The minimum atomic E-state index is -1.07. The maximum atomic E-state index is 13.2. The molecule has 10 nitrogen and oxygen atoms in total. The molecular formula is C29H21N5O5. The Bertz CT molecular complexity index is 1850. The molecular weight excluding hydrogens is 498 g/mol. The predicted molar refractivity (Wildman–Crippen MR) is 142 cm³/mol. The minimum absolute atomic E-state index is 0.00722. The lowest BCUT2D eigenvalue weighted by atomic mass is 9.85. The summed E-state index contributed by atoms with van der Waals surface area (Å²) in [6, 6.07) is 20.6. The number of hydrogen-bond acceptors (Lipinski definition) is 8. The number of oxazole rings is 1. The van der Waals surface area contributed by atoms with E-state index in [0.717, 1.165) is 5.56 Å². The summed E-state index contributed by atoms with van der Waals surface area (Å²) in [5, 5.41) is 30.4. The molecule has 0 amide bonds. The van der Waals surface area contributed by atoms with Gasteiger partial charge < -0.3 is 19.5 Å². The van der Waals surface area contributed by atoms with Gasteiger partial charge in [-0.3, -0.25) is 9.36 Å².